The third-order valence-corrected chi connectivity index (χ3v) is 5.42. The van der Waals surface area contributed by atoms with Crippen molar-refractivity contribution in [2.75, 3.05) is 5.73 Å². The van der Waals surface area contributed by atoms with Crippen molar-refractivity contribution < 1.29 is 20.1 Å². The van der Waals surface area contributed by atoms with Crippen molar-refractivity contribution in [3.8, 4) is 0 Å². The van der Waals surface area contributed by atoms with Crippen LogP contribution in [0.25, 0.3) is 11.0 Å². The molecule has 0 aliphatic carbocycles. The van der Waals surface area contributed by atoms with Gasteiger partial charge in [0.1, 0.15) is 42.2 Å². The van der Waals surface area contributed by atoms with Gasteiger partial charge in [0.25, 0.3) is 0 Å². The highest BCUT2D eigenvalue weighted by Gasteiger charge is 2.47. The molecule has 1 saturated heterocycles. The first-order valence-electron chi connectivity index (χ1n) is 8.10. The molecule has 3 aromatic rings. The van der Waals surface area contributed by atoms with Gasteiger partial charge in [-0.15, -0.1) is 0 Å². The Morgan fingerprint density at radius 2 is 1.89 bits per heavy atom. The summed E-state index contributed by atoms with van der Waals surface area (Å²) in [5.74, 6) is 0.291. The summed E-state index contributed by atoms with van der Waals surface area (Å²) in [6.07, 6.45) is -2.97. The molecule has 2 unspecified atom stereocenters. The average molecular weight is 411 g/mol. The van der Waals surface area contributed by atoms with Gasteiger partial charge in [-0.2, -0.15) is 0 Å². The Hall–Kier alpha value is -1.94. The fourth-order valence-corrected chi connectivity index (χ4v) is 3.56. The van der Waals surface area contributed by atoms with E-state index in [1.165, 1.54) is 18.5 Å². The maximum atomic E-state index is 10.6. The van der Waals surface area contributed by atoms with E-state index in [-0.39, 0.29) is 5.02 Å². The molecule has 2 aromatic heterocycles. The summed E-state index contributed by atoms with van der Waals surface area (Å²) in [6.45, 7) is 0. The number of ether oxygens (including phenoxy) is 1. The number of anilines is 1. The number of halogens is 2. The zero-order valence-electron chi connectivity index (χ0n) is 13.8. The maximum absolute atomic E-state index is 10.6. The first-order valence-corrected chi connectivity index (χ1v) is 8.85. The van der Waals surface area contributed by atoms with Crippen LogP contribution >= 0.6 is 23.2 Å². The summed E-state index contributed by atoms with van der Waals surface area (Å²) in [4.78, 5) is 8.08. The van der Waals surface area contributed by atoms with Gasteiger partial charge < -0.3 is 30.4 Å². The van der Waals surface area contributed by atoms with E-state index >= 15 is 0 Å². The van der Waals surface area contributed by atoms with Gasteiger partial charge in [0.2, 0.25) is 0 Å². The molecule has 3 heterocycles. The van der Waals surface area contributed by atoms with Crippen molar-refractivity contribution in [1.29, 1.82) is 0 Å². The number of fused-ring (bicyclic) bond motifs is 1. The molecular formula is C17H16Cl2N4O4. The molecule has 4 rings (SSSR count). The molecule has 0 bridgehead atoms. The molecule has 0 radical (unpaired) electrons. The lowest BCUT2D eigenvalue weighted by Gasteiger charge is -2.21. The summed E-state index contributed by atoms with van der Waals surface area (Å²) >= 11 is 11.9. The van der Waals surface area contributed by atoms with Crippen LogP contribution in [0.2, 0.25) is 10.0 Å². The Balaban J connectivity index is 1.66. The lowest BCUT2D eigenvalue weighted by atomic mass is 9.99. The van der Waals surface area contributed by atoms with Crippen molar-refractivity contribution >= 4 is 40.1 Å². The van der Waals surface area contributed by atoms with Crippen molar-refractivity contribution in [2.24, 2.45) is 0 Å². The number of aliphatic hydroxyl groups is 3. The van der Waals surface area contributed by atoms with E-state index in [4.69, 9.17) is 33.7 Å². The summed E-state index contributed by atoms with van der Waals surface area (Å²) in [7, 11) is 0. The number of nitrogens with two attached hydrogens (primary N) is 1. The number of hydrogen-bond donors (Lipinski definition) is 4. The largest absolute Gasteiger partial charge is 0.387 e. The van der Waals surface area contributed by atoms with Crippen molar-refractivity contribution in [3.63, 3.8) is 0 Å². The van der Waals surface area contributed by atoms with Gasteiger partial charge in [-0.25, -0.2) is 9.97 Å². The minimum atomic E-state index is -1.34. The van der Waals surface area contributed by atoms with Gasteiger partial charge in [-0.3, -0.25) is 0 Å². The van der Waals surface area contributed by atoms with Crippen LogP contribution in [0.4, 0.5) is 5.82 Å². The summed E-state index contributed by atoms with van der Waals surface area (Å²) in [5, 5.41) is 32.8. The Bertz CT molecular complexity index is 998. The van der Waals surface area contributed by atoms with E-state index in [0.717, 1.165) is 0 Å². The Kier molecular flexibility index (Phi) is 4.71. The minimum absolute atomic E-state index is 0.265. The molecule has 5 N–H and O–H groups in total. The molecule has 1 aliphatic heterocycles. The minimum Gasteiger partial charge on any atom is -0.387 e. The van der Waals surface area contributed by atoms with E-state index in [9.17, 15) is 15.3 Å². The van der Waals surface area contributed by atoms with E-state index in [0.29, 0.717) is 27.4 Å². The zero-order valence-corrected chi connectivity index (χ0v) is 15.3. The number of rotatable bonds is 3. The second-order valence-corrected chi connectivity index (χ2v) is 7.12. The Labute approximate surface area is 163 Å². The fourth-order valence-electron chi connectivity index (χ4n) is 3.26. The van der Waals surface area contributed by atoms with Crippen LogP contribution in [-0.2, 0) is 4.74 Å². The van der Waals surface area contributed by atoms with Gasteiger partial charge in [-0.1, -0.05) is 29.3 Å². The number of hydrogen-bond acceptors (Lipinski definition) is 7. The highest BCUT2D eigenvalue weighted by molar-refractivity contribution is 6.42. The number of nitrogens with zero attached hydrogens (tertiary/aromatic N) is 3. The summed E-state index contributed by atoms with van der Waals surface area (Å²) in [6, 6.07) is 6.30. The van der Waals surface area contributed by atoms with Crippen LogP contribution in [-0.4, -0.2) is 48.2 Å². The molecular weight excluding hydrogens is 395 g/mol. The number of aromatic nitrogens is 3. The second kappa shape index (κ2) is 6.90. The highest BCUT2D eigenvalue weighted by Crippen LogP contribution is 2.38. The SMILES string of the molecule is Nc1ncnc2c1ccn2[C@@H]1OC(C(O)c2ccc(Cl)c(Cl)c2)[C@@H](O)[C@H]1O. The second-order valence-electron chi connectivity index (χ2n) is 6.31. The quantitative estimate of drug-likeness (QED) is 0.517. The van der Waals surface area contributed by atoms with Crippen molar-refractivity contribution in [3.05, 3.63) is 52.4 Å². The molecule has 0 spiro atoms. The van der Waals surface area contributed by atoms with E-state index in [1.54, 1.807) is 22.9 Å². The Morgan fingerprint density at radius 3 is 2.63 bits per heavy atom. The summed E-state index contributed by atoms with van der Waals surface area (Å²) in [5.41, 5.74) is 6.68. The first kappa shape index (κ1) is 18.4. The van der Waals surface area contributed by atoms with E-state index in [1.807, 2.05) is 0 Å². The van der Waals surface area contributed by atoms with E-state index in [2.05, 4.69) is 9.97 Å². The number of benzene rings is 1. The predicted octanol–water partition coefficient (Wildman–Crippen LogP) is 1.67. The normalized spacial score (nSPS) is 26.6. The molecule has 0 amide bonds. The lowest BCUT2D eigenvalue weighted by Crippen LogP contribution is -2.34. The Morgan fingerprint density at radius 1 is 1.11 bits per heavy atom. The molecule has 8 nitrogen and oxygen atoms in total. The number of aliphatic hydroxyl groups excluding tert-OH is 3. The van der Waals surface area contributed by atoms with Crippen LogP contribution < -0.4 is 5.73 Å². The summed E-state index contributed by atoms with van der Waals surface area (Å²) < 4.78 is 7.34. The molecule has 1 aromatic carbocycles. The molecule has 1 aliphatic rings. The standard InChI is InChI=1S/C17H16Cl2N4O4/c18-9-2-1-7(5-10(9)19)11(24)14-12(25)13(26)17(27-14)23-4-3-8-15(20)21-6-22-16(8)23/h1-6,11-14,17,24-26H,(H2,20,21,22)/t11?,12-,13+,14?,17+/m0/s1. The topological polar surface area (TPSA) is 127 Å². The molecule has 27 heavy (non-hydrogen) atoms. The maximum Gasteiger partial charge on any atom is 0.164 e. The highest BCUT2D eigenvalue weighted by atomic mass is 35.5. The molecule has 0 saturated carbocycles. The van der Waals surface area contributed by atoms with E-state index < -0.39 is 30.6 Å². The van der Waals surface area contributed by atoms with Gasteiger partial charge in [-0.05, 0) is 23.8 Å². The molecule has 142 valence electrons. The molecule has 1 fully saturated rings. The van der Waals surface area contributed by atoms with Crippen LogP contribution in [0.1, 0.15) is 17.9 Å². The van der Waals surface area contributed by atoms with Crippen molar-refractivity contribution in [1.82, 2.24) is 14.5 Å². The van der Waals surface area contributed by atoms with Gasteiger partial charge in [0, 0.05) is 6.20 Å². The zero-order chi connectivity index (χ0) is 19.3. The number of nitrogen functional groups attached to an aromatic ring is 1. The van der Waals surface area contributed by atoms with Crippen LogP contribution in [0, 0.1) is 0 Å². The third-order valence-electron chi connectivity index (χ3n) is 4.69. The third kappa shape index (κ3) is 3.04. The molecule has 10 heteroatoms. The van der Waals surface area contributed by atoms with Crippen LogP contribution in [0.5, 0.6) is 0 Å². The van der Waals surface area contributed by atoms with Crippen LogP contribution in [0.3, 0.4) is 0 Å². The van der Waals surface area contributed by atoms with Gasteiger partial charge >= 0.3 is 0 Å². The smallest absolute Gasteiger partial charge is 0.164 e. The lowest BCUT2D eigenvalue weighted by molar-refractivity contribution is -0.0848. The van der Waals surface area contributed by atoms with Crippen molar-refractivity contribution in [2.45, 2.75) is 30.6 Å². The monoisotopic (exact) mass is 410 g/mol. The first-order chi connectivity index (χ1) is 12.9. The van der Waals surface area contributed by atoms with Gasteiger partial charge in [0.15, 0.2) is 6.23 Å². The fraction of sp³-hybridized carbons (Fsp3) is 0.294. The molecule has 5 atom stereocenters. The predicted molar refractivity (Wildman–Crippen MR) is 99.3 cm³/mol. The van der Waals surface area contributed by atoms with Crippen LogP contribution in [0.15, 0.2) is 36.8 Å². The average Bonchev–Trinajstić information content (AvgIpc) is 3.20. The van der Waals surface area contributed by atoms with Gasteiger partial charge in [0.05, 0.1) is 15.4 Å².